The summed E-state index contributed by atoms with van der Waals surface area (Å²) in [6.45, 7) is 14.7. The van der Waals surface area contributed by atoms with Crippen molar-refractivity contribution >= 4 is 11.6 Å². The van der Waals surface area contributed by atoms with Crippen LogP contribution in [-0.2, 0) is 10.8 Å². The molecule has 0 fully saturated rings. The molecule has 4 nitrogen and oxygen atoms in total. The van der Waals surface area contributed by atoms with E-state index in [-0.39, 0.29) is 16.6 Å². The Morgan fingerprint density at radius 2 is 1.65 bits per heavy atom. The van der Waals surface area contributed by atoms with E-state index < -0.39 is 0 Å². The first-order valence-electron chi connectivity index (χ1n) is 7.93. The van der Waals surface area contributed by atoms with E-state index in [9.17, 15) is 5.11 Å². The summed E-state index contributed by atoms with van der Waals surface area (Å²) in [6, 6.07) is 5.92. The van der Waals surface area contributed by atoms with Crippen LogP contribution in [0.3, 0.4) is 0 Å². The first-order valence-corrected chi connectivity index (χ1v) is 7.93. The van der Waals surface area contributed by atoms with E-state index in [1.165, 1.54) is 0 Å². The molecule has 2 aromatic rings. The van der Waals surface area contributed by atoms with Gasteiger partial charge in [-0.2, -0.15) is 0 Å². The average molecular weight is 313 g/mol. The van der Waals surface area contributed by atoms with Gasteiger partial charge in [0, 0.05) is 17.5 Å². The predicted molar refractivity (Wildman–Crippen MR) is 95.6 cm³/mol. The Kier molecular flexibility index (Phi) is 4.38. The summed E-state index contributed by atoms with van der Waals surface area (Å²) in [5, 5.41) is 13.9. The lowest BCUT2D eigenvalue weighted by atomic mass is 9.79. The third kappa shape index (κ3) is 4.01. The highest BCUT2D eigenvalue weighted by molar-refractivity contribution is 5.67. The molecule has 0 aliphatic heterocycles. The number of rotatable bonds is 2. The summed E-state index contributed by atoms with van der Waals surface area (Å²) in [4.78, 5) is 8.59. The van der Waals surface area contributed by atoms with Crippen LogP contribution >= 0.6 is 0 Å². The number of aromatic nitrogens is 2. The summed E-state index contributed by atoms with van der Waals surface area (Å²) in [6.07, 6.45) is 1.71. The first kappa shape index (κ1) is 17.3. The van der Waals surface area contributed by atoms with E-state index in [4.69, 9.17) is 0 Å². The van der Waals surface area contributed by atoms with Crippen molar-refractivity contribution in [2.45, 2.75) is 59.3 Å². The molecule has 0 aliphatic carbocycles. The Labute approximate surface area is 139 Å². The van der Waals surface area contributed by atoms with Gasteiger partial charge in [0.25, 0.3) is 0 Å². The molecular formula is C19H27N3O. The van der Waals surface area contributed by atoms with E-state index in [1.807, 2.05) is 19.1 Å². The Morgan fingerprint density at radius 1 is 1.00 bits per heavy atom. The number of hydrogen-bond donors (Lipinski definition) is 2. The fraction of sp³-hybridized carbons (Fsp3) is 0.474. The van der Waals surface area contributed by atoms with Gasteiger partial charge in [-0.1, -0.05) is 47.6 Å². The third-order valence-electron chi connectivity index (χ3n) is 3.83. The molecule has 2 N–H and O–H groups in total. The number of nitrogens with one attached hydrogen (secondary N) is 1. The maximum absolute atomic E-state index is 10.7. The lowest BCUT2D eigenvalue weighted by molar-refractivity contribution is 0.447. The Morgan fingerprint density at radius 3 is 2.17 bits per heavy atom. The second-order valence-electron chi connectivity index (χ2n) is 8.07. The van der Waals surface area contributed by atoms with Crippen LogP contribution in [0.25, 0.3) is 0 Å². The van der Waals surface area contributed by atoms with Crippen LogP contribution < -0.4 is 5.32 Å². The summed E-state index contributed by atoms with van der Waals surface area (Å²) in [7, 11) is 0. The van der Waals surface area contributed by atoms with Gasteiger partial charge in [-0.15, -0.1) is 0 Å². The molecule has 1 heterocycles. The quantitative estimate of drug-likeness (QED) is 0.780. The van der Waals surface area contributed by atoms with Gasteiger partial charge >= 0.3 is 0 Å². The Bertz CT molecular complexity index is 710. The van der Waals surface area contributed by atoms with Crippen LogP contribution in [0.5, 0.6) is 5.75 Å². The van der Waals surface area contributed by atoms with E-state index in [0.29, 0.717) is 11.6 Å². The van der Waals surface area contributed by atoms with Gasteiger partial charge in [0.15, 0.2) is 0 Å². The van der Waals surface area contributed by atoms with E-state index >= 15 is 0 Å². The molecule has 0 aliphatic rings. The lowest BCUT2D eigenvalue weighted by Crippen LogP contribution is -2.17. The fourth-order valence-corrected chi connectivity index (χ4v) is 2.36. The second kappa shape index (κ2) is 5.84. The zero-order valence-electron chi connectivity index (χ0n) is 15.2. The van der Waals surface area contributed by atoms with Crippen molar-refractivity contribution in [1.82, 2.24) is 9.97 Å². The fourth-order valence-electron chi connectivity index (χ4n) is 2.36. The third-order valence-corrected chi connectivity index (χ3v) is 3.83. The number of aromatic hydroxyl groups is 1. The van der Waals surface area contributed by atoms with E-state index in [2.05, 4.69) is 62.9 Å². The van der Waals surface area contributed by atoms with Crippen LogP contribution in [0.2, 0.25) is 0 Å². The van der Waals surface area contributed by atoms with Crippen molar-refractivity contribution in [3.63, 3.8) is 0 Å². The minimum absolute atomic E-state index is 0.0163. The minimum Gasteiger partial charge on any atom is -0.505 e. The Hall–Kier alpha value is -2.10. The highest BCUT2D eigenvalue weighted by Gasteiger charge is 2.25. The van der Waals surface area contributed by atoms with Gasteiger partial charge in [0.1, 0.15) is 5.75 Å². The average Bonchev–Trinajstić information content (AvgIpc) is 2.38. The normalized spacial score (nSPS) is 12.3. The molecule has 124 valence electrons. The smallest absolute Gasteiger partial charge is 0.227 e. The van der Waals surface area contributed by atoms with Crippen LogP contribution in [0, 0.1) is 6.92 Å². The largest absolute Gasteiger partial charge is 0.505 e. The van der Waals surface area contributed by atoms with Gasteiger partial charge in [0.05, 0.1) is 5.69 Å². The highest BCUT2D eigenvalue weighted by Crippen LogP contribution is 2.40. The standard InChI is InChI=1S/C19H27N3O/c1-12-8-9-20-17(21-12)22-15-11-13(18(2,3)4)10-14(16(15)23)19(5,6)7/h8-11,23H,1-7H3,(H,20,21,22). The van der Waals surface area contributed by atoms with Gasteiger partial charge in [-0.3, -0.25) is 0 Å². The lowest BCUT2D eigenvalue weighted by Gasteiger charge is -2.27. The van der Waals surface area contributed by atoms with E-state index in [1.54, 1.807) is 6.20 Å². The number of phenols is 1. The molecule has 4 heteroatoms. The zero-order valence-corrected chi connectivity index (χ0v) is 15.2. The SMILES string of the molecule is Cc1ccnc(Nc2cc(C(C)(C)C)cc(C(C)(C)C)c2O)n1. The zero-order chi connectivity index (χ0) is 17.4. The molecular weight excluding hydrogens is 286 g/mol. The number of nitrogens with zero attached hydrogens (tertiary/aromatic N) is 2. The van der Waals surface area contributed by atoms with Crippen molar-refractivity contribution in [2.75, 3.05) is 5.32 Å². The van der Waals surface area contributed by atoms with Gasteiger partial charge in [-0.05, 0) is 35.4 Å². The molecule has 0 saturated heterocycles. The summed E-state index contributed by atoms with van der Waals surface area (Å²) >= 11 is 0. The van der Waals surface area contributed by atoms with Crippen LogP contribution in [0.1, 0.15) is 58.4 Å². The van der Waals surface area contributed by atoms with Gasteiger partial charge in [-0.25, -0.2) is 9.97 Å². The van der Waals surface area contributed by atoms with Crippen molar-refractivity contribution in [3.05, 3.63) is 41.2 Å². The maximum Gasteiger partial charge on any atom is 0.227 e. The molecule has 0 atom stereocenters. The molecule has 0 amide bonds. The summed E-state index contributed by atoms with van der Waals surface area (Å²) in [5.74, 6) is 0.752. The highest BCUT2D eigenvalue weighted by atomic mass is 16.3. The van der Waals surface area contributed by atoms with Crippen molar-refractivity contribution in [3.8, 4) is 5.75 Å². The number of anilines is 2. The molecule has 0 spiro atoms. The summed E-state index contributed by atoms with van der Waals surface area (Å²) < 4.78 is 0. The molecule has 0 radical (unpaired) electrons. The molecule has 23 heavy (non-hydrogen) atoms. The molecule has 0 bridgehead atoms. The molecule has 0 saturated carbocycles. The number of hydrogen-bond acceptors (Lipinski definition) is 4. The molecule has 2 rings (SSSR count). The number of aryl methyl sites for hydroxylation is 1. The van der Waals surface area contributed by atoms with Crippen molar-refractivity contribution in [2.24, 2.45) is 0 Å². The molecule has 1 aromatic heterocycles. The Balaban J connectivity index is 2.58. The number of benzene rings is 1. The van der Waals surface area contributed by atoms with Crippen LogP contribution in [-0.4, -0.2) is 15.1 Å². The van der Waals surface area contributed by atoms with Crippen molar-refractivity contribution < 1.29 is 5.11 Å². The van der Waals surface area contributed by atoms with Gasteiger partial charge < -0.3 is 10.4 Å². The van der Waals surface area contributed by atoms with E-state index in [0.717, 1.165) is 16.8 Å². The minimum atomic E-state index is -0.158. The topological polar surface area (TPSA) is 58.0 Å². The van der Waals surface area contributed by atoms with Crippen LogP contribution in [0.15, 0.2) is 24.4 Å². The molecule has 0 unspecified atom stereocenters. The summed E-state index contributed by atoms with van der Waals surface area (Å²) in [5.41, 5.74) is 3.43. The molecule has 1 aromatic carbocycles. The first-order chi connectivity index (χ1) is 10.5. The van der Waals surface area contributed by atoms with Crippen LogP contribution in [0.4, 0.5) is 11.6 Å². The monoisotopic (exact) mass is 313 g/mol. The number of phenolic OH excluding ortho intramolecular Hbond substituents is 1. The second-order valence-corrected chi connectivity index (χ2v) is 8.07. The predicted octanol–water partition coefficient (Wildman–Crippen LogP) is 4.83. The maximum atomic E-state index is 10.7. The van der Waals surface area contributed by atoms with Gasteiger partial charge in [0.2, 0.25) is 5.95 Å². The van der Waals surface area contributed by atoms with Crippen molar-refractivity contribution in [1.29, 1.82) is 0 Å².